The van der Waals surface area contributed by atoms with E-state index in [0.29, 0.717) is 11.6 Å². The highest BCUT2D eigenvalue weighted by molar-refractivity contribution is 5.49. The molecule has 0 atom stereocenters. The van der Waals surface area contributed by atoms with E-state index in [1.54, 1.807) is 30.3 Å². The third kappa shape index (κ3) is 3.07. The van der Waals surface area contributed by atoms with E-state index in [0.717, 1.165) is 6.08 Å². The Morgan fingerprint density at radius 2 is 1.53 bits per heavy atom. The summed E-state index contributed by atoms with van der Waals surface area (Å²) in [6.45, 7) is 0. The first-order valence-corrected chi connectivity index (χ1v) is 4.09. The standard InChI is InChI=1S/C10H9F3O2/c11-10(12,13)9(14,15)7-6-8-4-2-1-3-5-8/h1-7,14-15H/b7-6+. The smallest absolute Gasteiger partial charge is 0.355 e. The van der Waals surface area contributed by atoms with Crippen LogP contribution in [0.4, 0.5) is 13.2 Å². The Morgan fingerprint density at radius 1 is 1.00 bits per heavy atom. The predicted octanol–water partition coefficient (Wildman–Crippen LogP) is 1.94. The van der Waals surface area contributed by atoms with Crippen LogP contribution < -0.4 is 0 Å². The van der Waals surface area contributed by atoms with Crippen LogP contribution in [-0.2, 0) is 0 Å². The Labute approximate surface area is 84.3 Å². The van der Waals surface area contributed by atoms with E-state index in [9.17, 15) is 13.2 Å². The summed E-state index contributed by atoms with van der Waals surface area (Å²) in [4.78, 5) is 0. The van der Waals surface area contributed by atoms with Crippen molar-refractivity contribution in [1.29, 1.82) is 0 Å². The van der Waals surface area contributed by atoms with Crippen LogP contribution in [0.2, 0.25) is 0 Å². The lowest BCUT2D eigenvalue weighted by molar-refractivity contribution is -0.323. The Morgan fingerprint density at radius 3 is 2.00 bits per heavy atom. The Kier molecular flexibility index (Phi) is 3.16. The normalized spacial score (nSPS) is 13.4. The molecular formula is C10H9F3O2. The van der Waals surface area contributed by atoms with Crippen molar-refractivity contribution in [3.8, 4) is 0 Å². The maximum atomic E-state index is 12.0. The van der Waals surface area contributed by atoms with Crippen molar-refractivity contribution in [2.45, 2.75) is 12.0 Å². The van der Waals surface area contributed by atoms with Crippen LogP contribution in [0.1, 0.15) is 5.56 Å². The maximum absolute atomic E-state index is 12.0. The monoisotopic (exact) mass is 218 g/mol. The minimum Gasteiger partial charge on any atom is -0.355 e. The molecule has 15 heavy (non-hydrogen) atoms. The molecule has 0 fully saturated rings. The molecule has 0 aliphatic rings. The lowest BCUT2D eigenvalue weighted by Gasteiger charge is -2.20. The molecule has 82 valence electrons. The summed E-state index contributed by atoms with van der Waals surface area (Å²) in [7, 11) is 0. The molecule has 2 N–H and O–H groups in total. The number of alkyl halides is 3. The number of aliphatic hydroxyl groups is 2. The zero-order valence-electron chi connectivity index (χ0n) is 7.57. The molecule has 0 radical (unpaired) electrons. The first kappa shape index (κ1) is 11.7. The molecule has 0 amide bonds. The van der Waals surface area contributed by atoms with Gasteiger partial charge in [-0.25, -0.2) is 0 Å². The third-order valence-electron chi connectivity index (χ3n) is 1.72. The number of rotatable bonds is 2. The first-order chi connectivity index (χ1) is 6.83. The first-order valence-electron chi connectivity index (χ1n) is 4.09. The summed E-state index contributed by atoms with van der Waals surface area (Å²) in [5.74, 6) is -3.79. The summed E-state index contributed by atoms with van der Waals surface area (Å²) >= 11 is 0. The molecular weight excluding hydrogens is 209 g/mol. The summed E-state index contributed by atoms with van der Waals surface area (Å²) < 4.78 is 36.0. The second-order valence-electron chi connectivity index (χ2n) is 2.97. The van der Waals surface area contributed by atoms with Crippen LogP contribution in [0.25, 0.3) is 6.08 Å². The average Bonchev–Trinajstić information content (AvgIpc) is 2.15. The second kappa shape index (κ2) is 4.04. The minimum absolute atomic E-state index is 0.294. The second-order valence-corrected chi connectivity index (χ2v) is 2.97. The Hall–Kier alpha value is -1.33. The van der Waals surface area contributed by atoms with E-state index in [4.69, 9.17) is 10.2 Å². The molecule has 0 saturated carbocycles. The van der Waals surface area contributed by atoms with Crippen LogP contribution in [0.5, 0.6) is 0 Å². The van der Waals surface area contributed by atoms with E-state index >= 15 is 0 Å². The van der Waals surface area contributed by atoms with Gasteiger partial charge >= 0.3 is 6.18 Å². The maximum Gasteiger partial charge on any atom is 0.447 e. The van der Waals surface area contributed by atoms with E-state index in [1.807, 2.05) is 0 Å². The lowest BCUT2D eigenvalue weighted by atomic mass is 10.1. The molecule has 2 nitrogen and oxygen atoms in total. The number of halogens is 3. The molecule has 0 heterocycles. The van der Waals surface area contributed by atoms with E-state index in [-0.39, 0.29) is 0 Å². The molecule has 0 aliphatic heterocycles. The summed E-state index contributed by atoms with van der Waals surface area (Å²) in [5.41, 5.74) is 0.453. The van der Waals surface area contributed by atoms with Gasteiger partial charge in [-0.1, -0.05) is 36.4 Å². The fraction of sp³-hybridized carbons (Fsp3) is 0.200. The predicted molar refractivity (Wildman–Crippen MR) is 48.7 cm³/mol. The van der Waals surface area contributed by atoms with Gasteiger partial charge in [-0.05, 0) is 11.6 Å². The molecule has 5 heteroatoms. The fourth-order valence-electron chi connectivity index (χ4n) is 0.871. The number of hydrogen-bond donors (Lipinski definition) is 2. The van der Waals surface area contributed by atoms with Gasteiger partial charge in [0.15, 0.2) is 0 Å². The zero-order valence-corrected chi connectivity index (χ0v) is 7.57. The minimum atomic E-state index is -5.10. The molecule has 0 aliphatic carbocycles. The highest BCUT2D eigenvalue weighted by Gasteiger charge is 2.50. The van der Waals surface area contributed by atoms with Crippen molar-refractivity contribution < 1.29 is 23.4 Å². The van der Waals surface area contributed by atoms with Gasteiger partial charge in [-0.3, -0.25) is 0 Å². The van der Waals surface area contributed by atoms with Crippen LogP contribution >= 0.6 is 0 Å². The molecule has 0 aromatic heterocycles. The number of hydrogen-bond acceptors (Lipinski definition) is 2. The molecule has 1 aromatic carbocycles. The topological polar surface area (TPSA) is 40.5 Å². The summed E-state index contributed by atoms with van der Waals surface area (Å²) in [6, 6.07) is 8.05. The quantitative estimate of drug-likeness (QED) is 0.745. The Bertz CT molecular complexity index is 341. The van der Waals surface area contributed by atoms with Crippen LogP contribution in [0.15, 0.2) is 36.4 Å². The highest BCUT2D eigenvalue weighted by atomic mass is 19.4. The van der Waals surface area contributed by atoms with Gasteiger partial charge in [-0.15, -0.1) is 0 Å². The van der Waals surface area contributed by atoms with Gasteiger partial charge in [0.25, 0.3) is 5.79 Å². The Balaban J connectivity index is 2.83. The van der Waals surface area contributed by atoms with Crippen molar-refractivity contribution in [1.82, 2.24) is 0 Å². The van der Waals surface area contributed by atoms with Crippen molar-refractivity contribution in [3.63, 3.8) is 0 Å². The SMILES string of the molecule is OC(O)(/C=C/c1ccccc1)C(F)(F)F. The van der Waals surface area contributed by atoms with Gasteiger partial charge in [0.1, 0.15) is 0 Å². The zero-order chi connectivity index (χ0) is 11.5. The van der Waals surface area contributed by atoms with Gasteiger partial charge in [0.2, 0.25) is 0 Å². The van der Waals surface area contributed by atoms with Gasteiger partial charge in [-0.2, -0.15) is 13.2 Å². The van der Waals surface area contributed by atoms with E-state index in [1.165, 1.54) is 0 Å². The fourth-order valence-corrected chi connectivity index (χ4v) is 0.871. The molecule has 1 aromatic rings. The number of benzene rings is 1. The molecule has 0 saturated heterocycles. The van der Waals surface area contributed by atoms with Crippen molar-refractivity contribution in [2.75, 3.05) is 0 Å². The third-order valence-corrected chi connectivity index (χ3v) is 1.72. The van der Waals surface area contributed by atoms with Crippen LogP contribution in [0, 0.1) is 0 Å². The van der Waals surface area contributed by atoms with E-state index < -0.39 is 12.0 Å². The van der Waals surface area contributed by atoms with Crippen molar-refractivity contribution in [3.05, 3.63) is 42.0 Å². The molecule has 0 bridgehead atoms. The molecule has 0 spiro atoms. The summed E-state index contributed by atoms with van der Waals surface area (Å²) in [5, 5.41) is 17.3. The lowest BCUT2D eigenvalue weighted by Crippen LogP contribution is -2.42. The average molecular weight is 218 g/mol. The summed E-state index contributed by atoms with van der Waals surface area (Å²) in [6.07, 6.45) is -3.81. The van der Waals surface area contributed by atoms with Gasteiger partial charge in [0.05, 0.1) is 0 Å². The van der Waals surface area contributed by atoms with Crippen molar-refractivity contribution >= 4 is 6.08 Å². The molecule has 0 unspecified atom stereocenters. The van der Waals surface area contributed by atoms with E-state index in [2.05, 4.69) is 0 Å². The largest absolute Gasteiger partial charge is 0.447 e. The van der Waals surface area contributed by atoms with Gasteiger partial charge < -0.3 is 10.2 Å². The highest BCUT2D eigenvalue weighted by Crippen LogP contribution is 2.29. The van der Waals surface area contributed by atoms with Crippen LogP contribution in [0.3, 0.4) is 0 Å². The van der Waals surface area contributed by atoms with Crippen molar-refractivity contribution in [2.24, 2.45) is 0 Å². The van der Waals surface area contributed by atoms with Crippen LogP contribution in [-0.4, -0.2) is 22.2 Å². The molecule has 1 rings (SSSR count). The van der Waals surface area contributed by atoms with Gasteiger partial charge in [0, 0.05) is 0 Å².